The van der Waals surface area contributed by atoms with E-state index >= 15 is 0 Å². The molecule has 0 saturated heterocycles. The van der Waals surface area contributed by atoms with Crippen LogP contribution >= 0.6 is 0 Å². The number of nitrogens with zero attached hydrogens (tertiary/aromatic N) is 4. The maximum atomic E-state index is 11.1. The van der Waals surface area contributed by atoms with Gasteiger partial charge in [-0.1, -0.05) is 20.8 Å². The fourth-order valence-corrected chi connectivity index (χ4v) is 2.51. The van der Waals surface area contributed by atoms with Crippen molar-refractivity contribution in [3.05, 3.63) is 28.3 Å². The van der Waals surface area contributed by atoms with Crippen LogP contribution in [0.2, 0.25) is 0 Å². The van der Waals surface area contributed by atoms with Crippen molar-refractivity contribution in [3.8, 4) is 11.5 Å². The molecule has 0 amide bonds. The van der Waals surface area contributed by atoms with E-state index in [1.807, 2.05) is 0 Å². The van der Waals surface area contributed by atoms with E-state index in [9.17, 15) is 4.79 Å². The van der Waals surface area contributed by atoms with Crippen molar-refractivity contribution in [2.75, 3.05) is 6.54 Å². The normalized spacial score (nSPS) is 18.9. The third-order valence-corrected chi connectivity index (χ3v) is 3.50. The van der Waals surface area contributed by atoms with Gasteiger partial charge in [0.05, 0.1) is 6.04 Å². The van der Waals surface area contributed by atoms with E-state index in [0.29, 0.717) is 11.5 Å². The van der Waals surface area contributed by atoms with Gasteiger partial charge in [-0.15, -0.1) is 10.2 Å². The highest BCUT2D eigenvalue weighted by atomic mass is 16.1. The van der Waals surface area contributed by atoms with Gasteiger partial charge in [-0.05, 0) is 11.5 Å². The number of fused-ring (bicyclic) bond motifs is 1. The Hall–Kier alpha value is -2.02. The molecule has 7 heteroatoms. The number of rotatable bonds is 1. The summed E-state index contributed by atoms with van der Waals surface area (Å²) >= 11 is 0. The van der Waals surface area contributed by atoms with Crippen molar-refractivity contribution in [1.82, 2.24) is 30.3 Å². The van der Waals surface area contributed by atoms with Crippen LogP contribution in [0.4, 0.5) is 0 Å². The van der Waals surface area contributed by atoms with E-state index in [1.54, 1.807) is 6.07 Å². The summed E-state index contributed by atoms with van der Waals surface area (Å²) < 4.78 is 2.08. The smallest absolute Gasteiger partial charge is 0.264 e. The average molecular weight is 274 g/mol. The van der Waals surface area contributed by atoms with E-state index in [4.69, 9.17) is 0 Å². The van der Waals surface area contributed by atoms with Gasteiger partial charge < -0.3 is 9.88 Å². The topological polar surface area (TPSA) is 88.5 Å². The summed E-state index contributed by atoms with van der Waals surface area (Å²) in [6.45, 7) is 8.18. The summed E-state index contributed by atoms with van der Waals surface area (Å²) in [5.74, 6) is 1.62. The first-order valence-electron chi connectivity index (χ1n) is 6.69. The molecule has 2 aromatic rings. The Bertz CT molecular complexity index is 660. The second-order valence-corrected chi connectivity index (χ2v) is 6.09. The Labute approximate surface area is 116 Å². The minimum absolute atomic E-state index is 0.0565. The SMILES string of the molecule is CC(C)(C)C1NCCn2c(-c3ccc(=O)[nH]n3)nnc21. The van der Waals surface area contributed by atoms with Gasteiger partial charge in [0, 0.05) is 19.2 Å². The molecule has 1 atom stereocenters. The number of nitrogens with one attached hydrogen (secondary N) is 2. The van der Waals surface area contributed by atoms with Crippen LogP contribution in [-0.2, 0) is 6.54 Å². The molecule has 0 bridgehead atoms. The van der Waals surface area contributed by atoms with Gasteiger partial charge >= 0.3 is 0 Å². The van der Waals surface area contributed by atoms with Crippen LogP contribution in [-0.4, -0.2) is 31.5 Å². The Morgan fingerprint density at radius 3 is 2.75 bits per heavy atom. The molecule has 3 heterocycles. The molecular formula is C13H18N6O. The maximum Gasteiger partial charge on any atom is 0.264 e. The quantitative estimate of drug-likeness (QED) is 0.800. The van der Waals surface area contributed by atoms with Crippen molar-refractivity contribution in [1.29, 1.82) is 0 Å². The molecular weight excluding hydrogens is 256 g/mol. The molecule has 1 aliphatic rings. The zero-order valence-corrected chi connectivity index (χ0v) is 11.8. The van der Waals surface area contributed by atoms with Crippen LogP contribution < -0.4 is 10.9 Å². The Balaban J connectivity index is 2.07. The van der Waals surface area contributed by atoms with Gasteiger partial charge in [0.15, 0.2) is 11.6 Å². The van der Waals surface area contributed by atoms with Crippen LogP contribution in [0.5, 0.6) is 0 Å². The predicted molar refractivity (Wildman–Crippen MR) is 74.1 cm³/mol. The summed E-state index contributed by atoms with van der Waals surface area (Å²) in [6, 6.07) is 3.27. The zero-order valence-electron chi connectivity index (χ0n) is 11.8. The van der Waals surface area contributed by atoms with Crippen molar-refractivity contribution in [3.63, 3.8) is 0 Å². The molecule has 106 valence electrons. The van der Waals surface area contributed by atoms with E-state index in [-0.39, 0.29) is 17.0 Å². The Morgan fingerprint density at radius 2 is 2.10 bits per heavy atom. The molecule has 0 radical (unpaired) electrons. The van der Waals surface area contributed by atoms with Gasteiger partial charge in [0.1, 0.15) is 5.69 Å². The lowest BCUT2D eigenvalue weighted by Crippen LogP contribution is -2.40. The third kappa shape index (κ3) is 2.14. The summed E-state index contributed by atoms with van der Waals surface area (Å²) in [5, 5.41) is 18.5. The lowest BCUT2D eigenvalue weighted by molar-refractivity contribution is 0.233. The van der Waals surface area contributed by atoms with Gasteiger partial charge in [0.2, 0.25) is 0 Å². The monoisotopic (exact) mass is 274 g/mol. The van der Waals surface area contributed by atoms with Gasteiger partial charge in [0.25, 0.3) is 5.56 Å². The van der Waals surface area contributed by atoms with Crippen molar-refractivity contribution in [2.24, 2.45) is 5.41 Å². The lowest BCUT2D eigenvalue weighted by atomic mass is 9.85. The van der Waals surface area contributed by atoms with Crippen molar-refractivity contribution >= 4 is 0 Å². The number of H-pyrrole nitrogens is 1. The highest BCUT2D eigenvalue weighted by Gasteiger charge is 2.34. The Kier molecular flexibility index (Phi) is 2.93. The van der Waals surface area contributed by atoms with Gasteiger partial charge in [-0.25, -0.2) is 5.10 Å². The number of aromatic amines is 1. The molecule has 0 spiro atoms. The maximum absolute atomic E-state index is 11.1. The summed E-state index contributed by atoms with van der Waals surface area (Å²) in [7, 11) is 0. The highest BCUT2D eigenvalue weighted by Crippen LogP contribution is 2.34. The molecule has 2 aromatic heterocycles. The van der Waals surface area contributed by atoms with E-state index in [2.05, 4.69) is 51.0 Å². The molecule has 20 heavy (non-hydrogen) atoms. The fourth-order valence-electron chi connectivity index (χ4n) is 2.51. The summed E-state index contributed by atoms with van der Waals surface area (Å²) in [6.07, 6.45) is 0. The molecule has 0 fully saturated rings. The molecule has 1 unspecified atom stereocenters. The molecule has 2 N–H and O–H groups in total. The fraction of sp³-hybridized carbons (Fsp3) is 0.538. The predicted octanol–water partition coefficient (Wildman–Crippen LogP) is 0.719. The number of hydrogen-bond acceptors (Lipinski definition) is 5. The highest BCUT2D eigenvalue weighted by molar-refractivity contribution is 5.48. The molecule has 1 aliphatic heterocycles. The zero-order chi connectivity index (χ0) is 14.3. The summed E-state index contributed by atoms with van der Waals surface area (Å²) in [5.41, 5.74) is 0.472. The average Bonchev–Trinajstić information content (AvgIpc) is 2.82. The molecule has 0 saturated carbocycles. The second kappa shape index (κ2) is 4.52. The summed E-state index contributed by atoms with van der Waals surface area (Å²) in [4.78, 5) is 11.1. The van der Waals surface area contributed by atoms with Gasteiger partial charge in [-0.2, -0.15) is 5.10 Å². The first-order chi connectivity index (χ1) is 9.47. The minimum Gasteiger partial charge on any atom is -0.307 e. The van der Waals surface area contributed by atoms with E-state index in [1.165, 1.54) is 6.07 Å². The molecule has 3 rings (SSSR count). The number of hydrogen-bond donors (Lipinski definition) is 2. The van der Waals surface area contributed by atoms with Crippen LogP contribution in [0.1, 0.15) is 32.6 Å². The first kappa shape index (κ1) is 13.0. The number of aromatic nitrogens is 5. The van der Waals surface area contributed by atoms with Crippen molar-refractivity contribution in [2.45, 2.75) is 33.4 Å². The standard InChI is InChI=1S/C13H18N6O/c1-13(2,3)10-12-18-17-11(19(12)7-6-14-10)8-4-5-9(20)16-15-8/h4-5,10,14H,6-7H2,1-3H3,(H,16,20). The second-order valence-electron chi connectivity index (χ2n) is 6.09. The van der Waals surface area contributed by atoms with Crippen LogP contribution in [0.3, 0.4) is 0 Å². The van der Waals surface area contributed by atoms with Crippen LogP contribution in [0.15, 0.2) is 16.9 Å². The molecule has 0 aliphatic carbocycles. The molecule has 7 nitrogen and oxygen atoms in total. The Morgan fingerprint density at radius 1 is 1.30 bits per heavy atom. The van der Waals surface area contributed by atoms with Crippen molar-refractivity contribution < 1.29 is 0 Å². The van der Waals surface area contributed by atoms with Gasteiger partial charge in [-0.3, -0.25) is 4.79 Å². The largest absolute Gasteiger partial charge is 0.307 e. The minimum atomic E-state index is -0.221. The molecule has 0 aromatic carbocycles. The van der Waals surface area contributed by atoms with E-state index in [0.717, 1.165) is 18.9 Å². The first-order valence-corrected chi connectivity index (χ1v) is 6.69. The van der Waals surface area contributed by atoms with Crippen LogP contribution in [0.25, 0.3) is 11.5 Å². The van der Waals surface area contributed by atoms with E-state index < -0.39 is 0 Å². The van der Waals surface area contributed by atoms with Crippen LogP contribution in [0, 0.1) is 5.41 Å². The lowest BCUT2D eigenvalue weighted by Gasteiger charge is -2.34. The third-order valence-electron chi connectivity index (χ3n) is 3.50.